The second-order valence-corrected chi connectivity index (χ2v) is 7.29. The zero-order valence-electron chi connectivity index (χ0n) is 13.8. The molecule has 1 amide bonds. The van der Waals surface area contributed by atoms with E-state index in [0.29, 0.717) is 31.7 Å². The molecule has 0 N–H and O–H groups in total. The lowest BCUT2D eigenvalue weighted by Crippen LogP contribution is -2.51. The molecular weight excluding hydrogens is 296 g/mol. The molecule has 126 valence electrons. The van der Waals surface area contributed by atoms with E-state index in [4.69, 9.17) is 9.37 Å². The third-order valence-corrected chi connectivity index (χ3v) is 5.74. The van der Waals surface area contributed by atoms with Gasteiger partial charge in [0.1, 0.15) is 11.4 Å². The molecule has 2 saturated heterocycles. The van der Waals surface area contributed by atoms with Crippen molar-refractivity contribution >= 4 is 5.91 Å². The second kappa shape index (κ2) is 5.56. The van der Waals surface area contributed by atoms with Crippen molar-refractivity contribution in [1.29, 1.82) is 0 Å². The molecule has 23 heavy (non-hydrogen) atoms. The van der Waals surface area contributed by atoms with Crippen molar-refractivity contribution in [3.63, 3.8) is 0 Å². The molecule has 3 aliphatic rings. The number of rotatable bonds is 4. The lowest BCUT2D eigenvalue weighted by Gasteiger charge is -2.39. The highest BCUT2D eigenvalue weighted by Gasteiger charge is 2.55. The molecule has 2 unspecified atom stereocenters. The topological polar surface area (TPSA) is 71.7 Å². The molecule has 7 heteroatoms. The Bertz CT molecular complexity index is 600. The normalized spacial score (nSPS) is 31.1. The number of fused-ring (bicyclic) bond motifs is 1. The first kappa shape index (κ1) is 15.1. The third-order valence-electron chi connectivity index (χ3n) is 5.74. The molecule has 1 aromatic rings. The smallest absolute Gasteiger partial charge is 0.230 e. The molecule has 0 spiro atoms. The number of aryl methyl sites for hydroxylation is 1. The molecule has 7 nitrogen and oxygen atoms in total. The van der Waals surface area contributed by atoms with Crippen LogP contribution in [0.15, 0.2) is 4.63 Å². The van der Waals surface area contributed by atoms with Gasteiger partial charge in [-0.3, -0.25) is 9.69 Å². The Kier molecular flexibility index (Phi) is 3.65. The van der Waals surface area contributed by atoms with Gasteiger partial charge in [0.25, 0.3) is 0 Å². The first-order valence-corrected chi connectivity index (χ1v) is 8.45. The van der Waals surface area contributed by atoms with Crippen LogP contribution in [0.4, 0.5) is 0 Å². The maximum Gasteiger partial charge on any atom is 0.230 e. The number of aromatic nitrogens is 2. The van der Waals surface area contributed by atoms with Gasteiger partial charge in [-0.05, 0) is 26.2 Å². The molecule has 0 radical (unpaired) electrons. The van der Waals surface area contributed by atoms with E-state index < -0.39 is 0 Å². The minimum atomic E-state index is -0.291. The van der Waals surface area contributed by atoms with Crippen LogP contribution in [0.3, 0.4) is 0 Å². The number of carbonyl (C=O) groups excluding carboxylic acids is 1. The first-order chi connectivity index (χ1) is 11.1. The number of ether oxygens (including phenoxy) is 1. The molecule has 4 rings (SSSR count). The summed E-state index contributed by atoms with van der Waals surface area (Å²) in [6, 6.07) is 0.455. The SMILES string of the molecule is Cc1nonc1CN1CC2COCCC2(C(=O)N(C)C2CC2)C1. The van der Waals surface area contributed by atoms with E-state index in [9.17, 15) is 4.79 Å². The summed E-state index contributed by atoms with van der Waals surface area (Å²) in [6.07, 6.45) is 3.11. The summed E-state index contributed by atoms with van der Waals surface area (Å²) >= 11 is 0. The molecule has 3 fully saturated rings. The molecule has 0 bridgehead atoms. The lowest BCUT2D eigenvalue weighted by molar-refractivity contribution is -0.149. The summed E-state index contributed by atoms with van der Waals surface area (Å²) in [7, 11) is 1.97. The van der Waals surface area contributed by atoms with Crippen molar-refractivity contribution < 1.29 is 14.2 Å². The minimum Gasteiger partial charge on any atom is -0.381 e. The van der Waals surface area contributed by atoms with Crippen LogP contribution < -0.4 is 0 Å². The number of likely N-dealkylation sites (tertiary alicyclic amines) is 1. The zero-order valence-corrected chi connectivity index (χ0v) is 13.8. The van der Waals surface area contributed by atoms with Gasteiger partial charge in [-0.25, -0.2) is 4.63 Å². The Morgan fingerprint density at radius 3 is 2.96 bits per heavy atom. The van der Waals surface area contributed by atoms with Crippen LogP contribution >= 0.6 is 0 Å². The van der Waals surface area contributed by atoms with Gasteiger partial charge in [-0.15, -0.1) is 0 Å². The molecule has 2 aliphatic heterocycles. The van der Waals surface area contributed by atoms with Gasteiger partial charge in [0.2, 0.25) is 5.91 Å². The average molecular weight is 320 g/mol. The van der Waals surface area contributed by atoms with Crippen LogP contribution in [0.2, 0.25) is 0 Å². The predicted octanol–water partition coefficient (Wildman–Crippen LogP) is 0.837. The van der Waals surface area contributed by atoms with Crippen molar-refractivity contribution in [3.8, 4) is 0 Å². The van der Waals surface area contributed by atoms with E-state index in [1.54, 1.807) is 0 Å². The number of amides is 1. The van der Waals surface area contributed by atoms with Crippen molar-refractivity contribution in [2.45, 2.75) is 38.8 Å². The van der Waals surface area contributed by atoms with E-state index in [-0.39, 0.29) is 11.3 Å². The number of nitrogens with zero attached hydrogens (tertiary/aromatic N) is 4. The van der Waals surface area contributed by atoms with Gasteiger partial charge in [0.05, 0.1) is 12.0 Å². The van der Waals surface area contributed by atoms with Crippen molar-refractivity contribution in [1.82, 2.24) is 20.1 Å². The standard InChI is InChI=1S/C16H24N4O3/c1-11-14(18-23-17-11)8-20-7-12-9-22-6-5-16(12,10-20)15(21)19(2)13-3-4-13/h12-13H,3-10H2,1-2H3. The van der Waals surface area contributed by atoms with Crippen LogP contribution in [0.25, 0.3) is 0 Å². The summed E-state index contributed by atoms with van der Waals surface area (Å²) in [5.74, 6) is 0.580. The molecule has 1 aromatic heterocycles. The van der Waals surface area contributed by atoms with Gasteiger partial charge in [-0.2, -0.15) is 0 Å². The van der Waals surface area contributed by atoms with Crippen LogP contribution in [0.1, 0.15) is 30.7 Å². The van der Waals surface area contributed by atoms with Gasteiger partial charge in [-0.1, -0.05) is 10.3 Å². The summed E-state index contributed by atoms with van der Waals surface area (Å²) in [5.41, 5.74) is 1.40. The van der Waals surface area contributed by atoms with E-state index >= 15 is 0 Å². The van der Waals surface area contributed by atoms with Crippen LogP contribution in [-0.4, -0.2) is 65.4 Å². The molecule has 1 aliphatic carbocycles. The maximum atomic E-state index is 13.2. The minimum absolute atomic E-state index is 0.269. The Balaban J connectivity index is 1.54. The molecule has 2 atom stereocenters. The van der Waals surface area contributed by atoms with Gasteiger partial charge >= 0.3 is 0 Å². The Morgan fingerprint density at radius 2 is 2.26 bits per heavy atom. The van der Waals surface area contributed by atoms with Crippen LogP contribution in [-0.2, 0) is 16.1 Å². The number of hydrogen-bond acceptors (Lipinski definition) is 6. The van der Waals surface area contributed by atoms with E-state index in [2.05, 4.69) is 15.2 Å². The van der Waals surface area contributed by atoms with Crippen LogP contribution in [0, 0.1) is 18.3 Å². The summed E-state index contributed by atoms with van der Waals surface area (Å²) in [6.45, 7) is 5.60. The van der Waals surface area contributed by atoms with Crippen LogP contribution in [0.5, 0.6) is 0 Å². The predicted molar refractivity (Wildman–Crippen MR) is 81.5 cm³/mol. The highest BCUT2D eigenvalue weighted by Crippen LogP contribution is 2.45. The van der Waals surface area contributed by atoms with E-state index in [1.165, 1.54) is 0 Å². The summed E-state index contributed by atoms with van der Waals surface area (Å²) in [4.78, 5) is 17.5. The zero-order chi connectivity index (χ0) is 16.0. The lowest BCUT2D eigenvalue weighted by atomic mass is 9.73. The quantitative estimate of drug-likeness (QED) is 0.818. The fraction of sp³-hybridized carbons (Fsp3) is 0.812. The molecule has 1 saturated carbocycles. The monoisotopic (exact) mass is 320 g/mol. The van der Waals surface area contributed by atoms with Gasteiger partial charge in [0.15, 0.2) is 0 Å². The van der Waals surface area contributed by atoms with E-state index in [0.717, 1.165) is 43.7 Å². The van der Waals surface area contributed by atoms with Crippen molar-refractivity contribution in [3.05, 3.63) is 11.4 Å². The third kappa shape index (κ3) is 2.55. The second-order valence-electron chi connectivity index (χ2n) is 7.29. The van der Waals surface area contributed by atoms with Gasteiger partial charge in [0, 0.05) is 45.2 Å². The fourth-order valence-corrected chi connectivity index (χ4v) is 4.11. The Labute approximate surface area is 135 Å². The van der Waals surface area contributed by atoms with Gasteiger partial charge < -0.3 is 9.64 Å². The fourth-order valence-electron chi connectivity index (χ4n) is 4.11. The first-order valence-electron chi connectivity index (χ1n) is 8.45. The summed E-state index contributed by atoms with van der Waals surface area (Å²) < 4.78 is 10.5. The largest absolute Gasteiger partial charge is 0.381 e. The molecule has 3 heterocycles. The van der Waals surface area contributed by atoms with Crippen molar-refractivity contribution in [2.75, 3.05) is 33.4 Å². The Hall–Kier alpha value is -1.47. The highest BCUT2D eigenvalue weighted by molar-refractivity contribution is 5.84. The molecule has 0 aromatic carbocycles. The Morgan fingerprint density at radius 1 is 1.43 bits per heavy atom. The van der Waals surface area contributed by atoms with Crippen molar-refractivity contribution in [2.24, 2.45) is 11.3 Å². The number of hydrogen-bond donors (Lipinski definition) is 0. The summed E-state index contributed by atoms with van der Waals surface area (Å²) in [5, 5.41) is 7.83. The maximum absolute atomic E-state index is 13.2. The average Bonchev–Trinajstić information content (AvgIpc) is 3.22. The highest BCUT2D eigenvalue weighted by atomic mass is 16.6. The number of carbonyl (C=O) groups is 1. The van der Waals surface area contributed by atoms with E-state index in [1.807, 2.05) is 18.9 Å². The molecular formula is C16H24N4O3.